The molecule has 0 bridgehead atoms. The van der Waals surface area contributed by atoms with Crippen LogP contribution in [0.5, 0.6) is 5.75 Å². The summed E-state index contributed by atoms with van der Waals surface area (Å²) >= 11 is 0. The number of carbonyl (C=O) groups is 1. The van der Waals surface area contributed by atoms with Crippen molar-refractivity contribution in [3.05, 3.63) is 108 Å². The molecule has 1 atom stereocenters. The molecular weight excluding hydrogens is 479 g/mol. The first-order valence-corrected chi connectivity index (χ1v) is 13.0. The molecule has 0 aliphatic heterocycles. The van der Waals surface area contributed by atoms with Crippen LogP contribution in [0.1, 0.15) is 37.7 Å². The lowest BCUT2D eigenvalue weighted by Gasteiger charge is -2.34. The summed E-state index contributed by atoms with van der Waals surface area (Å²) in [5, 5.41) is 0. The molecule has 1 aromatic heterocycles. The van der Waals surface area contributed by atoms with E-state index in [0.29, 0.717) is 31.8 Å². The van der Waals surface area contributed by atoms with Crippen LogP contribution in [0.2, 0.25) is 0 Å². The second kappa shape index (κ2) is 13.0. The van der Waals surface area contributed by atoms with E-state index in [0.717, 1.165) is 22.6 Å². The fourth-order valence-electron chi connectivity index (χ4n) is 4.56. The number of rotatable bonds is 12. The Balaban J connectivity index is 1.69. The normalized spacial score (nSPS) is 11.9. The van der Waals surface area contributed by atoms with E-state index in [1.165, 1.54) is 24.3 Å². The molecule has 0 saturated heterocycles. The van der Waals surface area contributed by atoms with Gasteiger partial charge in [-0.2, -0.15) is 0 Å². The van der Waals surface area contributed by atoms with E-state index in [1.54, 1.807) is 0 Å². The van der Waals surface area contributed by atoms with Crippen LogP contribution < -0.4 is 10.5 Å². The van der Waals surface area contributed by atoms with Crippen LogP contribution in [0.25, 0.3) is 11.3 Å². The highest BCUT2D eigenvalue weighted by atomic mass is 19.1. The summed E-state index contributed by atoms with van der Waals surface area (Å²) < 4.78 is 21.2. The lowest BCUT2D eigenvalue weighted by molar-refractivity contribution is -0.137. The van der Waals surface area contributed by atoms with E-state index in [2.05, 4.69) is 36.7 Å². The van der Waals surface area contributed by atoms with Gasteiger partial charge < -0.3 is 19.9 Å². The van der Waals surface area contributed by atoms with Crippen LogP contribution in [-0.4, -0.2) is 40.1 Å². The molecule has 4 rings (SSSR count). The maximum atomic E-state index is 13.6. The Bertz CT molecular complexity index is 1290. The molecule has 0 aliphatic rings. The molecule has 7 heteroatoms. The molecule has 0 fully saturated rings. The first-order valence-electron chi connectivity index (χ1n) is 13.0. The average Bonchev–Trinajstić information content (AvgIpc) is 3.34. The van der Waals surface area contributed by atoms with Crippen molar-refractivity contribution in [2.24, 2.45) is 11.7 Å². The van der Waals surface area contributed by atoms with Gasteiger partial charge in [-0.3, -0.25) is 4.79 Å². The van der Waals surface area contributed by atoms with Gasteiger partial charge in [0.15, 0.2) is 6.61 Å². The van der Waals surface area contributed by atoms with Crippen molar-refractivity contribution in [3.8, 4) is 17.0 Å². The number of benzene rings is 3. The molecule has 1 unspecified atom stereocenters. The standard InChI is InChI=1S/C31H35FN4O2/c1-23(2)30(36(19-9-18-33)29(37)22-38-27-16-14-26(32)15-17-27)31-34-28(25-12-7-4-8-13-25)21-35(31)20-24-10-5-3-6-11-24/h3-8,10-17,21,23,30H,9,18-20,22,33H2,1-2H3. The second-order valence-corrected chi connectivity index (χ2v) is 9.62. The number of nitrogens with two attached hydrogens (primary N) is 1. The van der Waals surface area contributed by atoms with E-state index >= 15 is 0 Å². The molecule has 4 aromatic rings. The van der Waals surface area contributed by atoms with Crippen LogP contribution in [0.15, 0.2) is 91.1 Å². The zero-order valence-corrected chi connectivity index (χ0v) is 22.0. The van der Waals surface area contributed by atoms with E-state index in [4.69, 9.17) is 15.5 Å². The minimum Gasteiger partial charge on any atom is -0.484 e. The van der Waals surface area contributed by atoms with Crippen molar-refractivity contribution in [2.45, 2.75) is 32.9 Å². The van der Waals surface area contributed by atoms with E-state index in [9.17, 15) is 9.18 Å². The summed E-state index contributed by atoms with van der Waals surface area (Å²) in [4.78, 5) is 20.5. The van der Waals surface area contributed by atoms with E-state index in [-0.39, 0.29) is 30.3 Å². The monoisotopic (exact) mass is 514 g/mol. The van der Waals surface area contributed by atoms with Gasteiger partial charge in [-0.25, -0.2) is 9.37 Å². The molecule has 0 radical (unpaired) electrons. The zero-order chi connectivity index (χ0) is 26.9. The summed E-state index contributed by atoms with van der Waals surface area (Å²) in [5.41, 5.74) is 8.88. The number of carbonyl (C=O) groups excluding carboxylic acids is 1. The number of hydrogen-bond donors (Lipinski definition) is 1. The molecule has 0 aliphatic carbocycles. The third-order valence-electron chi connectivity index (χ3n) is 6.40. The number of ether oxygens (including phenoxy) is 1. The minimum atomic E-state index is -0.354. The highest BCUT2D eigenvalue weighted by molar-refractivity contribution is 5.78. The maximum Gasteiger partial charge on any atom is 0.261 e. The van der Waals surface area contributed by atoms with Crippen molar-refractivity contribution >= 4 is 5.91 Å². The molecule has 1 heterocycles. The average molecular weight is 515 g/mol. The van der Waals surface area contributed by atoms with Crippen molar-refractivity contribution in [2.75, 3.05) is 19.7 Å². The van der Waals surface area contributed by atoms with Crippen LogP contribution >= 0.6 is 0 Å². The van der Waals surface area contributed by atoms with Gasteiger partial charge in [-0.1, -0.05) is 74.5 Å². The smallest absolute Gasteiger partial charge is 0.261 e. The minimum absolute atomic E-state index is 0.0723. The number of halogens is 1. The second-order valence-electron chi connectivity index (χ2n) is 9.62. The van der Waals surface area contributed by atoms with Crippen molar-refractivity contribution in [3.63, 3.8) is 0 Å². The lowest BCUT2D eigenvalue weighted by Crippen LogP contribution is -2.42. The Hall–Kier alpha value is -3.97. The van der Waals surface area contributed by atoms with Gasteiger partial charge in [0.05, 0.1) is 11.7 Å². The third-order valence-corrected chi connectivity index (χ3v) is 6.40. The largest absolute Gasteiger partial charge is 0.484 e. The highest BCUT2D eigenvalue weighted by Crippen LogP contribution is 2.32. The number of aromatic nitrogens is 2. The van der Waals surface area contributed by atoms with Gasteiger partial charge in [0.2, 0.25) is 0 Å². The quantitative estimate of drug-likeness (QED) is 0.264. The Labute approximate surface area is 223 Å². The predicted octanol–water partition coefficient (Wildman–Crippen LogP) is 5.69. The number of imidazole rings is 1. The molecule has 2 N–H and O–H groups in total. The maximum absolute atomic E-state index is 13.6. The fraction of sp³-hybridized carbons (Fsp3) is 0.290. The van der Waals surface area contributed by atoms with Crippen molar-refractivity contribution in [1.29, 1.82) is 0 Å². The van der Waals surface area contributed by atoms with Gasteiger partial charge in [-0.15, -0.1) is 0 Å². The molecule has 6 nitrogen and oxygen atoms in total. The number of hydrogen-bond acceptors (Lipinski definition) is 4. The summed E-state index contributed by atoms with van der Waals surface area (Å²) in [7, 11) is 0. The van der Waals surface area contributed by atoms with Crippen LogP contribution in [0.3, 0.4) is 0 Å². The van der Waals surface area contributed by atoms with Gasteiger partial charge >= 0.3 is 0 Å². The van der Waals surface area contributed by atoms with Crippen LogP contribution in [-0.2, 0) is 11.3 Å². The Morgan fingerprint density at radius 2 is 1.66 bits per heavy atom. The predicted molar refractivity (Wildman–Crippen MR) is 148 cm³/mol. The Kier molecular flexibility index (Phi) is 9.27. The summed E-state index contributed by atoms with van der Waals surface area (Å²) in [5.74, 6) is 0.805. The first-order chi connectivity index (χ1) is 18.5. The zero-order valence-electron chi connectivity index (χ0n) is 22.0. The Morgan fingerprint density at radius 1 is 1.00 bits per heavy atom. The molecular formula is C31H35FN4O2. The highest BCUT2D eigenvalue weighted by Gasteiger charge is 2.32. The summed E-state index contributed by atoms with van der Waals surface area (Å²) in [6.07, 6.45) is 2.71. The Morgan fingerprint density at radius 3 is 2.29 bits per heavy atom. The fourth-order valence-corrected chi connectivity index (χ4v) is 4.56. The van der Waals surface area contributed by atoms with E-state index < -0.39 is 0 Å². The van der Waals surface area contributed by atoms with Gasteiger partial charge in [0.25, 0.3) is 5.91 Å². The van der Waals surface area contributed by atoms with E-state index in [1.807, 2.05) is 53.4 Å². The van der Waals surface area contributed by atoms with Gasteiger partial charge in [0.1, 0.15) is 17.4 Å². The van der Waals surface area contributed by atoms with Gasteiger partial charge in [0, 0.05) is 24.8 Å². The summed E-state index contributed by atoms with van der Waals surface area (Å²) in [6, 6.07) is 25.6. The molecule has 0 saturated carbocycles. The lowest BCUT2D eigenvalue weighted by atomic mass is 10.0. The summed E-state index contributed by atoms with van der Waals surface area (Å²) in [6.45, 7) is 5.59. The molecule has 3 aromatic carbocycles. The molecule has 1 amide bonds. The topological polar surface area (TPSA) is 73.4 Å². The number of nitrogens with zero attached hydrogens (tertiary/aromatic N) is 3. The van der Waals surface area contributed by atoms with Crippen molar-refractivity contribution in [1.82, 2.24) is 14.5 Å². The first kappa shape index (κ1) is 27.1. The van der Waals surface area contributed by atoms with Crippen LogP contribution in [0.4, 0.5) is 4.39 Å². The van der Waals surface area contributed by atoms with Gasteiger partial charge in [-0.05, 0) is 48.7 Å². The SMILES string of the molecule is CC(C)C(c1nc(-c2ccccc2)cn1Cc1ccccc1)N(CCCN)C(=O)COc1ccc(F)cc1. The molecule has 38 heavy (non-hydrogen) atoms. The van der Waals surface area contributed by atoms with Crippen LogP contribution in [0, 0.1) is 11.7 Å². The molecule has 198 valence electrons. The molecule has 0 spiro atoms. The third kappa shape index (κ3) is 6.86. The van der Waals surface area contributed by atoms with Crippen molar-refractivity contribution < 1.29 is 13.9 Å². The number of amides is 1.